The molecule has 0 aliphatic carbocycles. The van der Waals surface area contributed by atoms with Gasteiger partial charge in [-0.15, -0.1) is 0 Å². The van der Waals surface area contributed by atoms with Gasteiger partial charge in [0.05, 0.1) is 35.5 Å². The first-order valence-electron chi connectivity index (χ1n) is 9.47. The molecule has 8 nitrogen and oxygen atoms in total. The molecule has 5 rings (SSSR count). The van der Waals surface area contributed by atoms with Gasteiger partial charge in [-0.2, -0.15) is 5.10 Å². The molecular formula is C20H18FN5O3. The van der Waals surface area contributed by atoms with Crippen molar-refractivity contribution in [3.63, 3.8) is 0 Å². The highest BCUT2D eigenvalue weighted by Gasteiger charge is 2.26. The van der Waals surface area contributed by atoms with Gasteiger partial charge in [-0.3, -0.25) is 9.59 Å². The zero-order valence-electron chi connectivity index (χ0n) is 15.5. The minimum Gasteiger partial charge on any atom is -0.493 e. The number of benzene rings is 1. The lowest BCUT2D eigenvalue weighted by Gasteiger charge is -2.18. The topological polar surface area (TPSA) is 100 Å². The summed E-state index contributed by atoms with van der Waals surface area (Å²) in [6.07, 6.45) is 4.84. The van der Waals surface area contributed by atoms with E-state index in [0.717, 1.165) is 12.0 Å². The van der Waals surface area contributed by atoms with Gasteiger partial charge in [0.1, 0.15) is 17.4 Å². The first kappa shape index (κ1) is 17.6. The van der Waals surface area contributed by atoms with Crippen LogP contribution in [0.15, 0.2) is 29.3 Å². The zero-order chi connectivity index (χ0) is 20.0. The second kappa shape index (κ2) is 6.84. The molecule has 9 heteroatoms. The molecular weight excluding hydrogens is 377 g/mol. The van der Waals surface area contributed by atoms with Gasteiger partial charge in [0.15, 0.2) is 0 Å². The fourth-order valence-electron chi connectivity index (χ4n) is 4.02. The van der Waals surface area contributed by atoms with Gasteiger partial charge in [-0.25, -0.2) is 14.5 Å². The maximum Gasteiger partial charge on any atom is 0.274 e. The van der Waals surface area contributed by atoms with Crippen molar-refractivity contribution in [2.45, 2.75) is 25.8 Å². The van der Waals surface area contributed by atoms with Gasteiger partial charge in [0.25, 0.3) is 5.56 Å². The summed E-state index contributed by atoms with van der Waals surface area (Å²) in [5, 5.41) is 10.2. The molecule has 2 aliphatic heterocycles. The molecule has 0 bridgehead atoms. The summed E-state index contributed by atoms with van der Waals surface area (Å²) >= 11 is 0. The summed E-state index contributed by atoms with van der Waals surface area (Å²) in [5.74, 6) is 0.750. The lowest BCUT2D eigenvalue weighted by molar-refractivity contribution is -0.117. The van der Waals surface area contributed by atoms with Crippen molar-refractivity contribution in [2.24, 2.45) is 0 Å². The lowest BCUT2D eigenvalue weighted by Crippen LogP contribution is -2.26. The molecule has 3 aromatic rings. The number of nitrogens with zero attached hydrogens (tertiary/aromatic N) is 3. The van der Waals surface area contributed by atoms with Crippen molar-refractivity contribution in [1.29, 1.82) is 0 Å². The number of anilines is 2. The Bertz CT molecular complexity index is 1190. The van der Waals surface area contributed by atoms with Crippen molar-refractivity contribution in [3.8, 4) is 5.75 Å². The Balaban J connectivity index is 1.54. The summed E-state index contributed by atoms with van der Waals surface area (Å²) in [6.45, 7) is 1.27. The van der Waals surface area contributed by atoms with E-state index in [2.05, 4.69) is 20.5 Å². The number of fused-ring (bicyclic) bond motifs is 2. The number of carbonyl (C=O) groups is 1. The van der Waals surface area contributed by atoms with E-state index in [0.29, 0.717) is 59.6 Å². The number of halogens is 1. The van der Waals surface area contributed by atoms with Crippen molar-refractivity contribution in [1.82, 2.24) is 15.2 Å². The highest BCUT2D eigenvalue weighted by molar-refractivity contribution is 6.06. The van der Waals surface area contributed by atoms with Crippen molar-refractivity contribution in [2.75, 3.05) is 23.4 Å². The summed E-state index contributed by atoms with van der Waals surface area (Å²) < 4.78 is 19.9. The number of carbonyl (C=O) groups excluding carboxylic acids is 1. The van der Waals surface area contributed by atoms with Crippen LogP contribution in [0.25, 0.3) is 10.8 Å². The minimum absolute atomic E-state index is 0.0352. The number of hydrogen-bond acceptors (Lipinski definition) is 6. The Morgan fingerprint density at radius 3 is 2.97 bits per heavy atom. The largest absolute Gasteiger partial charge is 0.493 e. The van der Waals surface area contributed by atoms with E-state index in [1.54, 1.807) is 11.0 Å². The van der Waals surface area contributed by atoms with Crippen LogP contribution in [0.5, 0.6) is 5.75 Å². The molecule has 1 saturated heterocycles. The Morgan fingerprint density at radius 1 is 1.24 bits per heavy atom. The standard InChI is InChI=1S/C20H18FN5O3/c21-14-3-4-16-11(5-7-29-16)12(14)8-22-19-13-9-24-25-20(28)18(13)15(10-23-19)26-6-1-2-17(26)27/h3-4,9-10H,1-2,5-8H2,(H,22,23)(H,25,28). The third kappa shape index (κ3) is 2.89. The van der Waals surface area contributed by atoms with E-state index < -0.39 is 5.56 Å². The summed E-state index contributed by atoms with van der Waals surface area (Å²) in [6, 6.07) is 3.03. The van der Waals surface area contributed by atoms with Crippen LogP contribution < -0.4 is 20.5 Å². The summed E-state index contributed by atoms with van der Waals surface area (Å²) in [4.78, 5) is 30.7. The van der Waals surface area contributed by atoms with Crippen LogP contribution in [-0.2, 0) is 17.8 Å². The Labute approximate surface area is 164 Å². The van der Waals surface area contributed by atoms with Crippen molar-refractivity contribution in [3.05, 3.63) is 51.8 Å². The fourth-order valence-corrected chi connectivity index (χ4v) is 4.02. The van der Waals surface area contributed by atoms with Gasteiger partial charge in [-0.1, -0.05) is 0 Å². The molecule has 0 saturated carbocycles. The molecule has 1 amide bonds. The number of aromatic nitrogens is 3. The molecule has 2 aliphatic rings. The minimum atomic E-state index is -0.400. The molecule has 0 unspecified atom stereocenters. The third-order valence-corrected chi connectivity index (χ3v) is 5.42. The molecule has 2 aromatic heterocycles. The number of nitrogens with one attached hydrogen (secondary N) is 2. The monoisotopic (exact) mass is 395 g/mol. The smallest absolute Gasteiger partial charge is 0.274 e. The molecule has 4 heterocycles. The van der Waals surface area contributed by atoms with Gasteiger partial charge in [-0.05, 0) is 18.6 Å². The number of H-pyrrole nitrogens is 1. The molecule has 2 N–H and O–H groups in total. The SMILES string of the molecule is O=C1CCCN1c1cnc(NCc2c(F)ccc3c2CCO3)c2cn[nH]c(=O)c12. The lowest BCUT2D eigenvalue weighted by atomic mass is 10.0. The van der Waals surface area contributed by atoms with E-state index in [1.165, 1.54) is 18.5 Å². The van der Waals surface area contributed by atoms with Crippen molar-refractivity contribution < 1.29 is 13.9 Å². The van der Waals surface area contributed by atoms with Gasteiger partial charge >= 0.3 is 0 Å². The number of amides is 1. The summed E-state index contributed by atoms with van der Waals surface area (Å²) in [7, 11) is 0. The number of aromatic amines is 1. The van der Waals surface area contributed by atoms with Gasteiger partial charge < -0.3 is 15.0 Å². The molecule has 29 heavy (non-hydrogen) atoms. The Hall–Kier alpha value is -3.49. The molecule has 1 fully saturated rings. The maximum atomic E-state index is 14.4. The highest BCUT2D eigenvalue weighted by atomic mass is 19.1. The van der Waals surface area contributed by atoms with E-state index in [-0.39, 0.29) is 18.3 Å². The first-order valence-corrected chi connectivity index (χ1v) is 9.47. The van der Waals surface area contributed by atoms with E-state index in [1.807, 2.05) is 0 Å². The average molecular weight is 395 g/mol. The van der Waals surface area contributed by atoms with Gasteiger partial charge in [0, 0.05) is 37.1 Å². The number of ether oxygens (including phenoxy) is 1. The van der Waals surface area contributed by atoms with Gasteiger partial charge in [0.2, 0.25) is 5.91 Å². The molecule has 0 atom stereocenters. The van der Waals surface area contributed by atoms with E-state index >= 15 is 0 Å². The molecule has 0 radical (unpaired) electrons. The molecule has 148 valence electrons. The predicted molar refractivity (Wildman–Crippen MR) is 105 cm³/mol. The average Bonchev–Trinajstić information content (AvgIpc) is 3.36. The van der Waals surface area contributed by atoms with Crippen LogP contribution in [0.3, 0.4) is 0 Å². The summed E-state index contributed by atoms with van der Waals surface area (Å²) in [5.41, 5.74) is 1.43. The zero-order valence-corrected chi connectivity index (χ0v) is 15.5. The van der Waals surface area contributed by atoms with Crippen LogP contribution in [0.2, 0.25) is 0 Å². The predicted octanol–water partition coefficient (Wildman–Crippen LogP) is 2.13. The van der Waals surface area contributed by atoms with E-state index in [4.69, 9.17) is 4.74 Å². The second-order valence-electron chi connectivity index (χ2n) is 7.08. The third-order valence-electron chi connectivity index (χ3n) is 5.42. The Morgan fingerprint density at radius 2 is 2.14 bits per heavy atom. The van der Waals surface area contributed by atoms with Crippen LogP contribution >= 0.6 is 0 Å². The van der Waals surface area contributed by atoms with Crippen molar-refractivity contribution >= 4 is 28.2 Å². The normalized spacial score (nSPS) is 15.6. The molecule has 0 spiro atoms. The maximum absolute atomic E-state index is 14.4. The number of pyridine rings is 1. The van der Waals surface area contributed by atoms with Crippen LogP contribution in [-0.4, -0.2) is 34.2 Å². The second-order valence-corrected chi connectivity index (χ2v) is 7.08. The first-order chi connectivity index (χ1) is 14.1. The van der Waals surface area contributed by atoms with Crippen LogP contribution in [0.1, 0.15) is 24.0 Å². The fraction of sp³-hybridized carbons (Fsp3) is 0.300. The Kier molecular flexibility index (Phi) is 4.15. The number of hydrogen-bond donors (Lipinski definition) is 2. The van der Waals surface area contributed by atoms with E-state index in [9.17, 15) is 14.0 Å². The molecule has 1 aromatic carbocycles. The quantitative estimate of drug-likeness (QED) is 0.702. The van der Waals surface area contributed by atoms with Crippen LogP contribution in [0, 0.1) is 5.82 Å². The number of rotatable bonds is 4. The van der Waals surface area contributed by atoms with Crippen LogP contribution in [0.4, 0.5) is 15.9 Å². The highest BCUT2D eigenvalue weighted by Crippen LogP contribution is 2.33.